The molecule has 1 N–H and O–H groups in total. The first kappa shape index (κ1) is 14.0. The van der Waals surface area contributed by atoms with Gasteiger partial charge in [0.05, 0.1) is 17.3 Å². The zero-order valence-corrected chi connectivity index (χ0v) is 12.3. The van der Waals surface area contributed by atoms with Crippen molar-refractivity contribution in [3.63, 3.8) is 0 Å². The molecule has 0 radical (unpaired) electrons. The molecule has 1 amide bonds. The highest BCUT2D eigenvalue weighted by Gasteiger charge is 2.11. The van der Waals surface area contributed by atoms with Gasteiger partial charge in [0.2, 0.25) is 0 Å². The van der Waals surface area contributed by atoms with Crippen LogP contribution in [0.25, 0.3) is 10.9 Å². The van der Waals surface area contributed by atoms with Crippen LogP contribution < -0.4 is 5.43 Å². The molecule has 3 aromatic rings. The Balaban J connectivity index is 1.84. The molecule has 0 saturated heterocycles. The Morgan fingerprint density at radius 2 is 2.05 bits per heavy atom. The van der Waals surface area contributed by atoms with Crippen LogP contribution in [0.1, 0.15) is 27.6 Å². The average molecular weight is 293 g/mol. The zero-order chi connectivity index (χ0) is 15.5. The Labute approximate surface area is 127 Å². The summed E-state index contributed by atoms with van der Waals surface area (Å²) in [6.07, 6.45) is 1.47. The summed E-state index contributed by atoms with van der Waals surface area (Å²) in [6, 6.07) is 12.9. The van der Waals surface area contributed by atoms with E-state index in [4.69, 9.17) is 4.42 Å². The summed E-state index contributed by atoms with van der Waals surface area (Å²) in [5.41, 5.74) is 4.65. The maximum atomic E-state index is 12.3. The maximum absolute atomic E-state index is 12.3. The van der Waals surface area contributed by atoms with Gasteiger partial charge in [-0.15, -0.1) is 0 Å². The fraction of sp³-hybridized carbons (Fsp3) is 0.118. The Hall–Kier alpha value is -2.95. The molecule has 2 aromatic heterocycles. The van der Waals surface area contributed by atoms with Gasteiger partial charge in [-0.3, -0.25) is 9.78 Å². The average Bonchev–Trinajstić information content (AvgIpc) is 2.91. The molecule has 2 heterocycles. The van der Waals surface area contributed by atoms with Crippen LogP contribution in [-0.4, -0.2) is 17.1 Å². The van der Waals surface area contributed by atoms with Gasteiger partial charge in [0, 0.05) is 11.1 Å². The van der Waals surface area contributed by atoms with Crippen molar-refractivity contribution in [3.8, 4) is 0 Å². The van der Waals surface area contributed by atoms with E-state index in [1.54, 1.807) is 12.1 Å². The second-order valence-electron chi connectivity index (χ2n) is 4.98. The predicted octanol–water partition coefficient (Wildman–Crippen LogP) is 3.21. The fourth-order valence-electron chi connectivity index (χ4n) is 2.23. The van der Waals surface area contributed by atoms with Gasteiger partial charge in [-0.05, 0) is 38.1 Å². The Kier molecular flexibility index (Phi) is 3.70. The van der Waals surface area contributed by atoms with Crippen molar-refractivity contribution in [2.45, 2.75) is 13.8 Å². The molecule has 0 saturated carbocycles. The summed E-state index contributed by atoms with van der Waals surface area (Å²) in [5.74, 6) is 1.11. The number of hydrogen-bond acceptors (Lipinski definition) is 4. The number of hydrazone groups is 1. The minimum Gasteiger partial charge on any atom is -0.460 e. The number of fused-ring (bicyclic) bond motifs is 1. The lowest BCUT2D eigenvalue weighted by atomic mass is 10.1. The summed E-state index contributed by atoms with van der Waals surface area (Å²) >= 11 is 0. The van der Waals surface area contributed by atoms with E-state index in [1.807, 2.05) is 44.2 Å². The van der Waals surface area contributed by atoms with E-state index in [2.05, 4.69) is 15.5 Å². The van der Waals surface area contributed by atoms with Crippen LogP contribution in [0.2, 0.25) is 0 Å². The number of amides is 1. The fourth-order valence-corrected chi connectivity index (χ4v) is 2.23. The van der Waals surface area contributed by atoms with Crippen LogP contribution in [0.4, 0.5) is 0 Å². The topological polar surface area (TPSA) is 67.5 Å². The number of benzene rings is 1. The molecule has 110 valence electrons. The van der Waals surface area contributed by atoms with E-state index >= 15 is 0 Å². The number of para-hydroxylation sites is 1. The van der Waals surface area contributed by atoms with E-state index in [0.717, 1.165) is 22.4 Å². The smallest absolute Gasteiger partial charge is 0.272 e. The summed E-state index contributed by atoms with van der Waals surface area (Å²) in [5, 5.41) is 4.73. The molecule has 0 unspecified atom stereocenters. The van der Waals surface area contributed by atoms with Gasteiger partial charge in [-0.2, -0.15) is 5.10 Å². The molecule has 0 aliphatic carbocycles. The Morgan fingerprint density at radius 3 is 2.82 bits per heavy atom. The summed E-state index contributed by atoms with van der Waals surface area (Å²) in [6.45, 7) is 3.71. The lowest BCUT2D eigenvalue weighted by molar-refractivity contribution is 0.0956. The van der Waals surface area contributed by atoms with E-state index in [0.29, 0.717) is 11.3 Å². The third kappa shape index (κ3) is 2.88. The molecule has 0 aliphatic rings. The summed E-state index contributed by atoms with van der Waals surface area (Å²) in [4.78, 5) is 16.7. The number of pyridine rings is 1. The standard InChI is InChI=1S/C17H15N3O2/c1-11-9-15(14-5-3-4-6-16(14)19-11)17(21)20-18-10-13-8-7-12(2)22-13/h3-10H,1-2H3,(H,20,21)/b18-10-. The number of rotatable bonds is 3. The van der Waals surface area contributed by atoms with Gasteiger partial charge in [0.1, 0.15) is 11.5 Å². The SMILES string of the molecule is Cc1cc(C(=O)N/N=C\c2ccc(C)o2)c2ccccc2n1. The van der Waals surface area contributed by atoms with E-state index < -0.39 is 0 Å². The number of carbonyl (C=O) groups is 1. The van der Waals surface area contributed by atoms with E-state index in [-0.39, 0.29) is 5.91 Å². The molecule has 0 aliphatic heterocycles. The lowest BCUT2D eigenvalue weighted by Crippen LogP contribution is -2.18. The highest BCUT2D eigenvalue weighted by Crippen LogP contribution is 2.18. The van der Waals surface area contributed by atoms with Gasteiger partial charge in [0.25, 0.3) is 5.91 Å². The lowest BCUT2D eigenvalue weighted by Gasteiger charge is -2.06. The van der Waals surface area contributed by atoms with Crippen LogP contribution in [-0.2, 0) is 0 Å². The Morgan fingerprint density at radius 1 is 1.23 bits per heavy atom. The monoisotopic (exact) mass is 293 g/mol. The van der Waals surface area contributed by atoms with Gasteiger partial charge < -0.3 is 4.42 Å². The van der Waals surface area contributed by atoms with Crippen molar-refractivity contribution in [2.24, 2.45) is 5.10 Å². The van der Waals surface area contributed by atoms with E-state index in [9.17, 15) is 4.79 Å². The molecule has 3 rings (SSSR count). The third-order valence-corrected chi connectivity index (χ3v) is 3.21. The minimum absolute atomic E-state index is 0.277. The molecule has 1 aromatic carbocycles. The first-order chi connectivity index (χ1) is 10.6. The second kappa shape index (κ2) is 5.81. The molecule has 0 atom stereocenters. The van der Waals surface area contributed by atoms with Crippen molar-refractivity contribution in [3.05, 3.63) is 65.2 Å². The van der Waals surface area contributed by atoms with Gasteiger partial charge in [-0.25, -0.2) is 5.43 Å². The molecule has 0 bridgehead atoms. The number of nitrogens with one attached hydrogen (secondary N) is 1. The number of hydrogen-bond donors (Lipinski definition) is 1. The summed E-state index contributed by atoms with van der Waals surface area (Å²) < 4.78 is 5.35. The predicted molar refractivity (Wildman–Crippen MR) is 85.0 cm³/mol. The Bertz CT molecular complexity index is 865. The van der Waals surface area contributed by atoms with Crippen LogP contribution in [0.5, 0.6) is 0 Å². The van der Waals surface area contributed by atoms with Gasteiger partial charge >= 0.3 is 0 Å². The molecule has 0 spiro atoms. The first-order valence-corrected chi connectivity index (χ1v) is 6.90. The zero-order valence-electron chi connectivity index (χ0n) is 12.3. The maximum Gasteiger partial charge on any atom is 0.272 e. The summed E-state index contributed by atoms with van der Waals surface area (Å²) in [7, 11) is 0. The van der Waals surface area contributed by atoms with Crippen molar-refractivity contribution in [2.75, 3.05) is 0 Å². The highest BCUT2D eigenvalue weighted by atomic mass is 16.3. The van der Waals surface area contributed by atoms with Crippen molar-refractivity contribution >= 4 is 23.0 Å². The first-order valence-electron chi connectivity index (χ1n) is 6.90. The van der Waals surface area contributed by atoms with Crippen molar-refractivity contribution < 1.29 is 9.21 Å². The molecule has 5 nitrogen and oxygen atoms in total. The minimum atomic E-state index is -0.277. The van der Waals surface area contributed by atoms with Crippen LogP contribution in [0, 0.1) is 13.8 Å². The van der Waals surface area contributed by atoms with Crippen LogP contribution in [0.3, 0.4) is 0 Å². The number of carbonyl (C=O) groups excluding carboxylic acids is 1. The second-order valence-corrected chi connectivity index (χ2v) is 4.98. The van der Waals surface area contributed by atoms with Gasteiger partial charge in [-0.1, -0.05) is 18.2 Å². The highest BCUT2D eigenvalue weighted by molar-refractivity contribution is 6.06. The molecule has 0 fully saturated rings. The number of aryl methyl sites for hydroxylation is 2. The van der Waals surface area contributed by atoms with Crippen molar-refractivity contribution in [1.82, 2.24) is 10.4 Å². The van der Waals surface area contributed by atoms with E-state index in [1.165, 1.54) is 6.21 Å². The largest absolute Gasteiger partial charge is 0.460 e. The molecule has 22 heavy (non-hydrogen) atoms. The molecular formula is C17H15N3O2. The number of furan rings is 1. The van der Waals surface area contributed by atoms with Crippen LogP contribution >= 0.6 is 0 Å². The number of aromatic nitrogens is 1. The third-order valence-electron chi connectivity index (χ3n) is 3.21. The number of nitrogens with zero attached hydrogens (tertiary/aromatic N) is 2. The van der Waals surface area contributed by atoms with Gasteiger partial charge in [0.15, 0.2) is 0 Å². The van der Waals surface area contributed by atoms with Crippen molar-refractivity contribution in [1.29, 1.82) is 0 Å². The molecule has 5 heteroatoms. The normalized spacial score (nSPS) is 11.2. The molecular weight excluding hydrogens is 278 g/mol. The van der Waals surface area contributed by atoms with Crippen LogP contribution in [0.15, 0.2) is 52.0 Å². The quantitative estimate of drug-likeness (QED) is 0.595.